The number of aromatic nitrogens is 1. The molecule has 2 amide bonds. The van der Waals surface area contributed by atoms with Crippen molar-refractivity contribution in [1.29, 1.82) is 0 Å². The van der Waals surface area contributed by atoms with Gasteiger partial charge in [0.2, 0.25) is 11.8 Å². The molecule has 1 saturated heterocycles. The van der Waals surface area contributed by atoms with Gasteiger partial charge in [0.05, 0.1) is 18.2 Å². The molecule has 2 fully saturated rings. The third kappa shape index (κ3) is 3.29. The van der Waals surface area contributed by atoms with Crippen LogP contribution < -0.4 is 5.32 Å². The lowest BCUT2D eigenvalue weighted by Crippen LogP contribution is -2.36. The maximum absolute atomic E-state index is 12.3. The van der Waals surface area contributed by atoms with Crippen LogP contribution >= 0.6 is 0 Å². The van der Waals surface area contributed by atoms with Gasteiger partial charge in [-0.2, -0.15) is 0 Å². The van der Waals surface area contributed by atoms with Gasteiger partial charge in [0.25, 0.3) is 0 Å². The number of carbonyl (C=O) groups excluding carboxylic acids is 2. The average Bonchev–Trinajstić information content (AvgIpc) is 3.14. The molecule has 0 spiro atoms. The number of carbonyl (C=O) groups is 2. The summed E-state index contributed by atoms with van der Waals surface area (Å²) >= 11 is 0. The highest BCUT2D eigenvalue weighted by Crippen LogP contribution is 2.29. The highest BCUT2D eigenvalue weighted by molar-refractivity contribution is 5.89. The second kappa shape index (κ2) is 6.46. The molecule has 1 aliphatic carbocycles. The normalized spacial score (nSPS) is 22.3. The number of rotatable bonds is 4. The van der Waals surface area contributed by atoms with E-state index in [2.05, 4.69) is 10.3 Å². The van der Waals surface area contributed by atoms with Crippen molar-refractivity contribution in [2.45, 2.75) is 51.6 Å². The molecule has 1 unspecified atom stereocenters. The zero-order valence-corrected chi connectivity index (χ0v) is 13.0. The van der Waals surface area contributed by atoms with Gasteiger partial charge in [0.15, 0.2) is 0 Å². The number of likely N-dealkylation sites (tertiary alicyclic amines) is 1. The van der Waals surface area contributed by atoms with E-state index < -0.39 is 0 Å². The van der Waals surface area contributed by atoms with E-state index in [-0.39, 0.29) is 17.7 Å². The molecule has 1 aromatic rings. The molecule has 5 nitrogen and oxygen atoms in total. The van der Waals surface area contributed by atoms with E-state index in [9.17, 15) is 9.59 Å². The summed E-state index contributed by atoms with van der Waals surface area (Å²) in [5.41, 5.74) is 1.79. The Kier molecular flexibility index (Phi) is 4.41. The maximum atomic E-state index is 12.3. The van der Waals surface area contributed by atoms with Crippen molar-refractivity contribution in [2.24, 2.45) is 5.92 Å². The van der Waals surface area contributed by atoms with Crippen molar-refractivity contribution < 1.29 is 9.59 Å². The van der Waals surface area contributed by atoms with Crippen molar-refractivity contribution in [3.8, 4) is 0 Å². The highest BCUT2D eigenvalue weighted by atomic mass is 16.2. The van der Waals surface area contributed by atoms with E-state index in [0.29, 0.717) is 25.6 Å². The Labute approximate surface area is 131 Å². The lowest BCUT2D eigenvalue weighted by Gasteiger charge is -2.23. The Bertz CT molecular complexity index is 567. The smallest absolute Gasteiger partial charge is 0.225 e. The average molecular weight is 301 g/mol. The first-order valence-electron chi connectivity index (χ1n) is 8.13. The summed E-state index contributed by atoms with van der Waals surface area (Å²) in [4.78, 5) is 30.7. The van der Waals surface area contributed by atoms with Gasteiger partial charge in [-0.25, -0.2) is 0 Å². The Morgan fingerprint density at radius 2 is 2.14 bits per heavy atom. The van der Waals surface area contributed by atoms with E-state index in [1.54, 1.807) is 0 Å². The fourth-order valence-electron chi connectivity index (χ4n) is 3.50. The van der Waals surface area contributed by atoms with Crippen LogP contribution in [0.4, 0.5) is 0 Å². The van der Waals surface area contributed by atoms with Crippen LogP contribution in [0.1, 0.15) is 43.5 Å². The van der Waals surface area contributed by atoms with Gasteiger partial charge in [-0.15, -0.1) is 0 Å². The molecule has 5 heteroatoms. The first kappa shape index (κ1) is 15.0. The highest BCUT2D eigenvalue weighted by Gasteiger charge is 2.38. The van der Waals surface area contributed by atoms with Crippen LogP contribution in [0.15, 0.2) is 18.2 Å². The predicted molar refractivity (Wildman–Crippen MR) is 82.9 cm³/mol. The van der Waals surface area contributed by atoms with Crippen LogP contribution in [0.2, 0.25) is 0 Å². The van der Waals surface area contributed by atoms with Crippen molar-refractivity contribution in [3.05, 3.63) is 29.6 Å². The number of hydrogen-bond acceptors (Lipinski definition) is 3. The molecule has 118 valence electrons. The zero-order chi connectivity index (χ0) is 15.5. The van der Waals surface area contributed by atoms with Gasteiger partial charge in [-0.05, 0) is 31.9 Å². The summed E-state index contributed by atoms with van der Waals surface area (Å²) in [6.45, 7) is 2.94. The SMILES string of the molecule is Cc1cccc(CNC(=O)C2CC(=O)N(C3CCCC3)C2)n1. The first-order chi connectivity index (χ1) is 10.6. The summed E-state index contributed by atoms with van der Waals surface area (Å²) in [5, 5.41) is 2.92. The molecule has 2 aliphatic rings. The Hall–Kier alpha value is -1.91. The zero-order valence-electron chi connectivity index (χ0n) is 13.0. The fraction of sp³-hybridized carbons (Fsp3) is 0.588. The summed E-state index contributed by atoms with van der Waals surface area (Å²) < 4.78 is 0. The van der Waals surface area contributed by atoms with Gasteiger partial charge >= 0.3 is 0 Å². The molecule has 2 heterocycles. The van der Waals surface area contributed by atoms with E-state index in [1.807, 2.05) is 30.0 Å². The molecule has 0 bridgehead atoms. The Balaban J connectivity index is 1.53. The van der Waals surface area contributed by atoms with Crippen molar-refractivity contribution in [1.82, 2.24) is 15.2 Å². The van der Waals surface area contributed by atoms with E-state index >= 15 is 0 Å². The molecule has 1 N–H and O–H groups in total. The monoisotopic (exact) mass is 301 g/mol. The summed E-state index contributed by atoms with van der Waals surface area (Å²) in [7, 11) is 0. The predicted octanol–water partition coefficient (Wildman–Crippen LogP) is 1.80. The second-order valence-electron chi connectivity index (χ2n) is 6.37. The van der Waals surface area contributed by atoms with Gasteiger partial charge in [0.1, 0.15) is 0 Å². The molecule has 22 heavy (non-hydrogen) atoms. The number of pyridine rings is 1. The van der Waals surface area contributed by atoms with E-state index in [1.165, 1.54) is 12.8 Å². The number of nitrogens with zero attached hydrogens (tertiary/aromatic N) is 2. The van der Waals surface area contributed by atoms with Crippen LogP contribution in [0.5, 0.6) is 0 Å². The van der Waals surface area contributed by atoms with Gasteiger partial charge < -0.3 is 10.2 Å². The minimum Gasteiger partial charge on any atom is -0.350 e. The van der Waals surface area contributed by atoms with Crippen molar-refractivity contribution >= 4 is 11.8 Å². The lowest BCUT2D eigenvalue weighted by molar-refractivity contribution is -0.130. The topological polar surface area (TPSA) is 62.3 Å². The number of aryl methyl sites for hydroxylation is 1. The first-order valence-corrected chi connectivity index (χ1v) is 8.13. The lowest BCUT2D eigenvalue weighted by atomic mass is 10.1. The molecule has 1 aliphatic heterocycles. The molecule has 0 aromatic carbocycles. The summed E-state index contributed by atoms with van der Waals surface area (Å²) in [6.07, 6.45) is 4.93. The molecule has 1 aromatic heterocycles. The second-order valence-corrected chi connectivity index (χ2v) is 6.37. The number of hydrogen-bond donors (Lipinski definition) is 1. The van der Waals surface area contributed by atoms with Crippen LogP contribution in [-0.4, -0.2) is 34.3 Å². The molecular weight excluding hydrogens is 278 g/mol. The van der Waals surface area contributed by atoms with Crippen molar-refractivity contribution in [2.75, 3.05) is 6.54 Å². The molecular formula is C17H23N3O2. The van der Waals surface area contributed by atoms with Crippen LogP contribution in [-0.2, 0) is 16.1 Å². The standard InChI is InChI=1S/C17H23N3O2/c1-12-5-4-6-14(19-12)10-18-17(22)13-9-16(21)20(11-13)15-7-2-3-8-15/h4-6,13,15H,2-3,7-11H2,1H3,(H,18,22). The third-order valence-corrected chi connectivity index (χ3v) is 4.68. The number of nitrogens with one attached hydrogen (secondary N) is 1. The number of amides is 2. The van der Waals surface area contributed by atoms with Crippen LogP contribution in [0, 0.1) is 12.8 Å². The van der Waals surface area contributed by atoms with E-state index in [0.717, 1.165) is 24.2 Å². The minimum atomic E-state index is -0.210. The van der Waals surface area contributed by atoms with Gasteiger partial charge in [0, 0.05) is 24.7 Å². The maximum Gasteiger partial charge on any atom is 0.225 e. The Morgan fingerprint density at radius 1 is 1.36 bits per heavy atom. The minimum absolute atomic E-state index is 0.0304. The fourth-order valence-corrected chi connectivity index (χ4v) is 3.50. The largest absolute Gasteiger partial charge is 0.350 e. The third-order valence-electron chi connectivity index (χ3n) is 4.68. The van der Waals surface area contributed by atoms with Gasteiger partial charge in [-0.1, -0.05) is 18.9 Å². The van der Waals surface area contributed by atoms with E-state index in [4.69, 9.17) is 0 Å². The van der Waals surface area contributed by atoms with Gasteiger partial charge in [-0.3, -0.25) is 14.6 Å². The van der Waals surface area contributed by atoms with Crippen molar-refractivity contribution in [3.63, 3.8) is 0 Å². The Morgan fingerprint density at radius 3 is 2.86 bits per heavy atom. The summed E-state index contributed by atoms with van der Waals surface area (Å²) in [6, 6.07) is 6.13. The molecule has 0 radical (unpaired) electrons. The quantitative estimate of drug-likeness (QED) is 0.922. The molecule has 3 rings (SSSR count). The molecule has 1 saturated carbocycles. The van der Waals surface area contributed by atoms with Crippen LogP contribution in [0.25, 0.3) is 0 Å². The van der Waals surface area contributed by atoms with Crippen LogP contribution in [0.3, 0.4) is 0 Å². The molecule has 1 atom stereocenters. The summed E-state index contributed by atoms with van der Waals surface area (Å²) in [5.74, 6) is -0.101.